The Morgan fingerprint density at radius 1 is 0.970 bits per heavy atom. The first-order valence-electron chi connectivity index (χ1n) is 10.7. The van der Waals surface area contributed by atoms with Crippen molar-refractivity contribution in [3.63, 3.8) is 0 Å². The van der Waals surface area contributed by atoms with Crippen LogP contribution in [-0.4, -0.2) is 43.6 Å². The number of amides is 1. The zero-order valence-electron chi connectivity index (χ0n) is 18.8. The number of hydrogen-bond donors (Lipinski definition) is 0. The SMILES string of the molecule is COc1ccc(C(=O)C2C(=O)C(=O)N(Cc3cc[nH+]cc3)C2c2ccc(N(C)C)cc2)cc1. The summed E-state index contributed by atoms with van der Waals surface area (Å²) in [6.07, 6.45) is 3.52. The number of carbonyl (C=O) groups is 3. The number of aromatic nitrogens is 1. The number of pyridine rings is 1. The van der Waals surface area contributed by atoms with E-state index in [0.717, 1.165) is 16.8 Å². The van der Waals surface area contributed by atoms with Gasteiger partial charge in [-0.3, -0.25) is 14.4 Å². The number of nitrogens with zero attached hydrogens (tertiary/aromatic N) is 2. The van der Waals surface area contributed by atoms with Gasteiger partial charge >= 0.3 is 0 Å². The van der Waals surface area contributed by atoms with Gasteiger partial charge < -0.3 is 14.5 Å². The molecule has 1 saturated heterocycles. The Morgan fingerprint density at radius 3 is 2.18 bits per heavy atom. The van der Waals surface area contributed by atoms with Crippen molar-refractivity contribution in [1.29, 1.82) is 0 Å². The molecular formula is C26H26N3O4+. The molecule has 1 N–H and O–H groups in total. The number of H-pyrrole nitrogens is 1. The molecule has 2 aromatic carbocycles. The van der Waals surface area contributed by atoms with Crippen LogP contribution in [0.2, 0.25) is 0 Å². The van der Waals surface area contributed by atoms with Crippen LogP contribution in [0.1, 0.15) is 27.5 Å². The fourth-order valence-corrected chi connectivity index (χ4v) is 4.16. The maximum atomic E-state index is 13.5. The first-order valence-corrected chi connectivity index (χ1v) is 10.7. The summed E-state index contributed by atoms with van der Waals surface area (Å²) in [6.45, 7) is 0.228. The highest BCUT2D eigenvalue weighted by Gasteiger charge is 2.51. The molecule has 0 aliphatic carbocycles. The predicted octanol–water partition coefficient (Wildman–Crippen LogP) is 2.73. The molecule has 33 heavy (non-hydrogen) atoms. The van der Waals surface area contributed by atoms with Crippen molar-refractivity contribution >= 4 is 23.2 Å². The lowest BCUT2D eigenvalue weighted by Gasteiger charge is -2.27. The van der Waals surface area contributed by atoms with E-state index in [-0.39, 0.29) is 12.3 Å². The van der Waals surface area contributed by atoms with Crippen molar-refractivity contribution in [2.45, 2.75) is 12.6 Å². The van der Waals surface area contributed by atoms with Crippen LogP contribution in [0.3, 0.4) is 0 Å². The second-order valence-corrected chi connectivity index (χ2v) is 8.21. The minimum Gasteiger partial charge on any atom is -0.497 e. The minimum atomic E-state index is -1.12. The number of benzene rings is 2. The van der Waals surface area contributed by atoms with Crippen molar-refractivity contribution in [3.8, 4) is 5.75 Å². The quantitative estimate of drug-likeness (QED) is 0.318. The molecule has 4 rings (SSSR count). The Hall–Kier alpha value is -4.00. The fourth-order valence-electron chi connectivity index (χ4n) is 4.16. The number of nitrogens with one attached hydrogen (secondary N) is 1. The molecule has 0 bridgehead atoms. The molecule has 7 heteroatoms. The summed E-state index contributed by atoms with van der Waals surface area (Å²) in [4.78, 5) is 46.2. The Kier molecular flexibility index (Phi) is 6.22. The lowest BCUT2D eigenvalue weighted by Crippen LogP contribution is -2.30. The lowest BCUT2D eigenvalue weighted by molar-refractivity contribution is -0.378. The second-order valence-electron chi connectivity index (χ2n) is 8.21. The maximum Gasteiger partial charge on any atom is 0.291 e. The van der Waals surface area contributed by atoms with E-state index in [4.69, 9.17) is 4.74 Å². The number of likely N-dealkylation sites (tertiary alicyclic amines) is 1. The average Bonchev–Trinajstić information content (AvgIpc) is 3.09. The number of Topliss-reactive ketones (excluding diaryl/α,β-unsaturated/α-hetero) is 2. The van der Waals surface area contributed by atoms with E-state index in [9.17, 15) is 14.4 Å². The summed E-state index contributed by atoms with van der Waals surface area (Å²) in [6, 6.07) is 17.2. The fraction of sp³-hybridized carbons (Fsp3) is 0.231. The van der Waals surface area contributed by atoms with Gasteiger partial charge in [-0.1, -0.05) is 12.1 Å². The molecule has 0 radical (unpaired) electrons. The van der Waals surface area contributed by atoms with E-state index in [2.05, 4.69) is 4.98 Å². The summed E-state index contributed by atoms with van der Waals surface area (Å²) >= 11 is 0. The summed E-state index contributed by atoms with van der Waals surface area (Å²) in [7, 11) is 5.42. The highest BCUT2D eigenvalue weighted by molar-refractivity contribution is 6.44. The van der Waals surface area contributed by atoms with E-state index in [0.29, 0.717) is 11.3 Å². The van der Waals surface area contributed by atoms with Crippen molar-refractivity contribution < 1.29 is 24.1 Å². The van der Waals surface area contributed by atoms with Crippen LogP contribution in [0.4, 0.5) is 5.69 Å². The number of ketones is 2. The third kappa shape index (κ3) is 4.35. The van der Waals surface area contributed by atoms with Gasteiger partial charge in [-0.25, -0.2) is 4.98 Å². The minimum absolute atomic E-state index is 0.228. The average molecular weight is 445 g/mol. The van der Waals surface area contributed by atoms with Crippen molar-refractivity contribution in [3.05, 3.63) is 89.7 Å². The number of aromatic amines is 1. The molecule has 7 nitrogen and oxygen atoms in total. The van der Waals surface area contributed by atoms with Gasteiger partial charge in [-0.15, -0.1) is 0 Å². The number of ether oxygens (including phenoxy) is 1. The van der Waals surface area contributed by atoms with Crippen LogP contribution >= 0.6 is 0 Å². The van der Waals surface area contributed by atoms with Gasteiger partial charge in [0.15, 0.2) is 18.2 Å². The van der Waals surface area contributed by atoms with Crippen molar-refractivity contribution in [2.75, 3.05) is 26.1 Å². The Balaban J connectivity index is 1.76. The summed E-state index contributed by atoms with van der Waals surface area (Å²) in [5.74, 6) is -2.21. The molecule has 1 aliphatic heterocycles. The van der Waals surface area contributed by atoms with Gasteiger partial charge in [0, 0.05) is 44.0 Å². The Morgan fingerprint density at radius 2 is 1.61 bits per heavy atom. The first-order chi connectivity index (χ1) is 15.9. The zero-order chi connectivity index (χ0) is 23.5. The predicted molar refractivity (Wildman–Crippen MR) is 123 cm³/mol. The van der Waals surface area contributed by atoms with Crippen molar-refractivity contribution in [2.24, 2.45) is 5.92 Å². The third-order valence-corrected chi connectivity index (χ3v) is 5.95. The van der Waals surface area contributed by atoms with E-state index >= 15 is 0 Å². The molecule has 2 heterocycles. The summed E-state index contributed by atoms with van der Waals surface area (Å²) < 4.78 is 5.17. The number of methoxy groups -OCH3 is 1. The number of rotatable bonds is 7. The van der Waals surface area contributed by atoms with E-state index < -0.39 is 23.7 Å². The molecule has 1 fully saturated rings. The van der Waals surface area contributed by atoms with E-state index in [1.165, 1.54) is 4.90 Å². The monoisotopic (exact) mass is 444 g/mol. The molecule has 3 aromatic rings. The van der Waals surface area contributed by atoms with Gasteiger partial charge in [0.1, 0.15) is 11.7 Å². The van der Waals surface area contributed by atoms with Gasteiger partial charge in [-0.05, 0) is 47.5 Å². The van der Waals surface area contributed by atoms with Crippen LogP contribution in [-0.2, 0) is 16.1 Å². The highest BCUT2D eigenvalue weighted by Crippen LogP contribution is 2.39. The number of hydrogen-bond acceptors (Lipinski definition) is 5. The molecule has 0 spiro atoms. The molecular weight excluding hydrogens is 418 g/mol. The molecule has 2 atom stereocenters. The lowest BCUT2D eigenvalue weighted by atomic mass is 9.86. The zero-order valence-corrected chi connectivity index (χ0v) is 18.8. The van der Waals surface area contributed by atoms with Crippen LogP contribution in [0.25, 0.3) is 0 Å². The Bertz CT molecular complexity index is 1160. The van der Waals surface area contributed by atoms with Gasteiger partial charge in [0.2, 0.25) is 5.78 Å². The molecule has 0 saturated carbocycles. The summed E-state index contributed by atoms with van der Waals surface area (Å²) in [5.41, 5.74) is 2.96. The Labute approximate surface area is 192 Å². The molecule has 2 unspecified atom stereocenters. The molecule has 1 aromatic heterocycles. The van der Waals surface area contributed by atoms with Crippen LogP contribution in [0, 0.1) is 5.92 Å². The van der Waals surface area contributed by atoms with Crippen LogP contribution < -0.4 is 14.6 Å². The van der Waals surface area contributed by atoms with Gasteiger partial charge in [-0.2, -0.15) is 0 Å². The smallest absolute Gasteiger partial charge is 0.291 e. The normalized spacial score (nSPS) is 17.8. The standard InChI is InChI=1S/C26H25N3O4/c1-28(2)20-8-4-18(5-9-20)23-22(24(30)19-6-10-21(33-3)11-7-19)25(31)26(32)29(23)16-17-12-14-27-15-13-17/h4-15,22-23H,16H2,1-3H3/p+1. The van der Waals surface area contributed by atoms with Crippen molar-refractivity contribution in [1.82, 2.24) is 4.90 Å². The molecule has 168 valence electrons. The third-order valence-electron chi connectivity index (χ3n) is 5.95. The molecule has 1 amide bonds. The maximum absolute atomic E-state index is 13.5. The number of anilines is 1. The topological polar surface area (TPSA) is 81.1 Å². The van der Waals surface area contributed by atoms with Gasteiger partial charge in [0.05, 0.1) is 13.2 Å². The van der Waals surface area contributed by atoms with Crippen LogP contribution in [0.5, 0.6) is 5.75 Å². The largest absolute Gasteiger partial charge is 0.497 e. The first kappa shape index (κ1) is 22.2. The van der Waals surface area contributed by atoms with Gasteiger partial charge in [0.25, 0.3) is 5.91 Å². The van der Waals surface area contributed by atoms with E-state index in [1.807, 2.05) is 55.4 Å². The van der Waals surface area contributed by atoms with Crippen LogP contribution in [0.15, 0.2) is 73.1 Å². The molecule has 1 aliphatic rings. The number of carbonyl (C=O) groups excluding carboxylic acids is 3. The highest BCUT2D eigenvalue weighted by atomic mass is 16.5. The second kappa shape index (κ2) is 9.24. The van der Waals surface area contributed by atoms with E-state index in [1.54, 1.807) is 43.8 Å². The summed E-state index contributed by atoms with van der Waals surface area (Å²) in [5, 5.41) is 0.